The number of hydrogen-bond donors (Lipinski definition) is 1. The third kappa shape index (κ3) is 4.52. The number of thiazole rings is 1. The van der Waals surface area contributed by atoms with Gasteiger partial charge in [-0.25, -0.2) is 9.78 Å². The molecule has 3 aromatic rings. The molecule has 25 heavy (non-hydrogen) atoms. The number of hydrogen-bond acceptors (Lipinski definition) is 6. The molecule has 7 heteroatoms. The maximum Gasteiger partial charge on any atom is 0.358 e. The largest absolute Gasteiger partial charge is 0.451 e. The van der Waals surface area contributed by atoms with Crippen LogP contribution in [-0.2, 0) is 9.53 Å². The van der Waals surface area contributed by atoms with Gasteiger partial charge in [-0.3, -0.25) is 4.79 Å². The van der Waals surface area contributed by atoms with Crippen LogP contribution >= 0.6 is 22.7 Å². The number of carbonyl (C=O) groups excluding carboxylic acids is 2. The van der Waals surface area contributed by atoms with Crippen LogP contribution in [0.25, 0.3) is 9.88 Å². The molecule has 0 radical (unpaired) electrons. The van der Waals surface area contributed by atoms with Crippen LogP contribution in [0.5, 0.6) is 0 Å². The number of nitrogens with one attached hydrogen (secondary N) is 1. The van der Waals surface area contributed by atoms with Gasteiger partial charge < -0.3 is 10.1 Å². The first-order chi connectivity index (χ1) is 12.0. The Morgan fingerprint density at radius 2 is 1.92 bits per heavy atom. The van der Waals surface area contributed by atoms with Gasteiger partial charge in [0.15, 0.2) is 12.3 Å². The van der Waals surface area contributed by atoms with Crippen LogP contribution in [0, 0.1) is 13.8 Å². The lowest BCUT2D eigenvalue weighted by Gasteiger charge is -2.07. The molecule has 0 aliphatic heterocycles. The van der Waals surface area contributed by atoms with Crippen molar-refractivity contribution in [1.82, 2.24) is 4.98 Å². The monoisotopic (exact) mass is 372 g/mol. The molecule has 0 unspecified atom stereocenters. The molecule has 0 fully saturated rings. The van der Waals surface area contributed by atoms with Gasteiger partial charge in [0, 0.05) is 11.1 Å². The van der Waals surface area contributed by atoms with E-state index in [9.17, 15) is 9.59 Å². The molecule has 0 aliphatic carbocycles. The number of nitrogens with zero attached hydrogens (tertiary/aromatic N) is 1. The van der Waals surface area contributed by atoms with Gasteiger partial charge in [0.2, 0.25) is 0 Å². The average molecular weight is 372 g/mol. The summed E-state index contributed by atoms with van der Waals surface area (Å²) in [5.41, 5.74) is 3.01. The van der Waals surface area contributed by atoms with Crippen molar-refractivity contribution in [3.63, 3.8) is 0 Å². The van der Waals surface area contributed by atoms with Gasteiger partial charge >= 0.3 is 5.97 Å². The number of ether oxygens (including phenoxy) is 1. The summed E-state index contributed by atoms with van der Waals surface area (Å²) in [6, 6.07) is 9.61. The second kappa shape index (κ2) is 7.58. The number of benzene rings is 1. The molecule has 5 nitrogen and oxygen atoms in total. The highest BCUT2D eigenvalue weighted by Gasteiger charge is 2.15. The molecule has 1 aromatic carbocycles. The smallest absolute Gasteiger partial charge is 0.358 e. The van der Waals surface area contributed by atoms with Crippen molar-refractivity contribution in [3.05, 3.63) is 57.9 Å². The number of amides is 1. The maximum atomic E-state index is 12.0. The van der Waals surface area contributed by atoms with Crippen LogP contribution < -0.4 is 5.32 Å². The highest BCUT2D eigenvalue weighted by atomic mass is 32.1. The Bertz CT molecular complexity index is 881. The van der Waals surface area contributed by atoms with E-state index >= 15 is 0 Å². The first-order valence-electron chi connectivity index (χ1n) is 7.56. The van der Waals surface area contributed by atoms with Gasteiger partial charge in [-0.2, -0.15) is 0 Å². The normalized spacial score (nSPS) is 10.5. The molecule has 0 atom stereocenters. The molecule has 0 saturated heterocycles. The van der Waals surface area contributed by atoms with E-state index in [-0.39, 0.29) is 18.2 Å². The number of rotatable bonds is 5. The zero-order valence-corrected chi connectivity index (χ0v) is 15.4. The molecule has 1 amide bonds. The van der Waals surface area contributed by atoms with Crippen molar-refractivity contribution in [2.45, 2.75) is 13.8 Å². The van der Waals surface area contributed by atoms with Crippen LogP contribution in [-0.4, -0.2) is 23.5 Å². The van der Waals surface area contributed by atoms with Gasteiger partial charge in [-0.1, -0.05) is 12.1 Å². The molecule has 2 aromatic heterocycles. The molecule has 128 valence electrons. The topological polar surface area (TPSA) is 68.3 Å². The first kappa shape index (κ1) is 17.3. The third-order valence-corrected chi connectivity index (χ3v) is 5.17. The van der Waals surface area contributed by atoms with Crippen molar-refractivity contribution >= 4 is 40.2 Å². The summed E-state index contributed by atoms with van der Waals surface area (Å²) in [6.45, 7) is 3.56. The predicted molar refractivity (Wildman–Crippen MR) is 100 cm³/mol. The van der Waals surface area contributed by atoms with Gasteiger partial charge in [0.05, 0.1) is 4.88 Å². The fourth-order valence-electron chi connectivity index (χ4n) is 2.33. The summed E-state index contributed by atoms with van der Waals surface area (Å²) >= 11 is 2.93. The number of anilines is 1. The average Bonchev–Trinajstić information content (AvgIpc) is 3.22. The standard InChI is InChI=1S/C18H16N2O3S2/c1-11-6-12(2)8-13(7-11)19-16(21)9-23-18(22)14-10-25-17(20-14)15-4-3-5-24-15/h3-8,10H,9H2,1-2H3,(H,19,21). The van der Waals surface area contributed by atoms with E-state index in [1.807, 2.05) is 49.6 Å². The Labute approximate surface area is 153 Å². The second-order valence-electron chi connectivity index (χ2n) is 5.52. The van der Waals surface area contributed by atoms with E-state index in [1.165, 1.54) is 11.3 Å². The van der Waals surface area contributed by atoms with E-state index in [2.05, 4.69) is 10.3 Å². The fraction of sp³-hybridized carbons (Fsp3) is 0.167. The first-order valence-corrected chi connectivity index (χ1v) is 9.32. The van der Waals surface area contributed by atoms with Crippen molar-refractivity contribution in [3.8, 4) is 9.88 Å². The molecular weight excluding hydrogens is 356 g/mol. The van der Waals surface area contributed by atoms with E-state index < -0.39 is 5.97 Å². The van der Waals surface area contributed by atoms with E-state index in [4.69, 9.17) is 4.74 Å². The lowest BCUT2D eigenvalue weighted by Crippen LogP contribution is -2.21. The Balaban J connectivity index is 1.56. The Hall–Kier alpha value is -2.51. The molecule has 3 rings (SSSR count). The molecule has 2 heterocycles. The Morgan fingerprint density at radius 1 is 1.16 bits per heavy atom. The lowest BCUT2D eigenvalue weighted by molar-refractivity contribution is -0.119. The lowest BCUT2D eigenvalue weighted by atomic mass is 10.1. The predicted octanol–water partition coefficient (Wildman–Crippen LogP) is 4.28. The van der Waals surface area contributed by atoms with Gasteiger partial charge in [0.25, 0.3) is 5.91 Å². The Kier molecular flexibility index (Phi) is 5.25. The van der Waals surface area contributed by atoms with E-state index in [0.29, 0.717) is 5.69 Å². The number of aryl methyl sites for hydroxylation is 2. The van der Waals surface area contributed by atoms with Crippen molar-refractivity contribution in [1.29, 1.82) is 0 Å². The summed E-state index contributed by atoms with van der Waals surface area (Å²) in [4.78, 5) is 29.3. The minimum absolute atomic E-state index is 0.215. The van der Waals surface area contributed by atoms with Crippen molar-refractivity contribution in [2.75, 3.05) is 11.9 Å². The number of aromatic nitrogens is 1. The minimum Gasteiger partial charge on any atom is -0.451 e. The molecule has 1 N–H and O–H groups in total. The van der Waals surface area contributed by atoms with Crippen LogP contribution in [0.1, 0.15) is 21.6 Å². The molecule has 0 saturated carbocycles. The van der Waals surface area contributed by atoms with Crippen LogP contribution in [0.2, 0.25) is 0 Å². The van der Waals surface area contributed by atoms with Gasteiger partial charge in [-0.05, 0) is 48.6 Å². The SMILES string of the molecule is Cc1cc(C)cc(NC(=O)COC(=O)c2csc(-c3cccs3)n2)c1. The highest BCUT2D eigenvalue weighted by Crippen LogP contribution is 2.27. The van der Waals surface area contributed by atoms with Crippen molar-refractivity contribution in [2.24, 2.45) is 0 Å². The quantitative estimate of drug-likeness (QED) is 0.679. The zero-order chi connectivity index (χ0) is 17.8. The maximum absolute atomic E-state index is 12.0. The molecular formula is C18H16N2O3S2. The summed E-state index contributed by atoms with van der Waals surface area (Å²) in [7, 11) is 0. The van der Waals surface area contributed by atoms with E-state index in [1.54, 1.807) is 16.7 Å². The van der Waals surface area contributed by atoms with Crippen molar-refractivity contribution < 1.29 is 14.3 Å². The van der Waals surface area contributed by atoms with Gasteiger partial charge in [-0.15, -0.1) is 22.7 Å². The molecule has 0 spiro atoms. The Morgan fingerprint density at radius 3 is 2.60 bits per heavy atom. The number of carbonyl (C=O) groups is 2. The minimum atomic E-state index is -0.602. The zero-order valence-electron chi connectivity index (χ0n) is 13.7. The molecule has 0 bridgehead atoms. The summed E-state index contributed by atoms with van der Waals surface area (Å²) in [5.74, 6) is -0.985. The summed E-state index contributed by atoms with van der Waals surface area (Å²) in [6.07, 6.45) is 0. The van der Waals surface area contributed by atoms with Crippen LogP contribution in [0.4, 0.5) is 5.69 Å². The van der Waals surface area contributed by atoms with Gasteiger partial charge in [0.1, 0.15) is 5.01 Å². The van der Waals surface area contributed by atoms with Crippen LogP contribution in [0.3, 0.4) is 0 Å². The second-order valence-corrected chi connectivity index (χ2v) is 7.32. The number of thiophene rings is 1. The van der Waals surface area contributed by atoms with E-state index in [0.717, 1.165) is 21.0 Å². The third-order valence-electron chi connectivity index (χ3n) is 3.29. The fourth-order valence-corrected chi connectivity index (χ4v) is 3.93. The highest BCUT2D eigenvalue weighted by molar-refractivity contribution is 7.20. The summed E-state index contributed by atoms with van der Waals surface area (Å²) < 4.78 is 5.05. The summed E-state index contributed by atoms with van der Waals surface area (Å²) in [5, 5.41) is 7.08. The van der Waals surface area contributed by atoms with Crippen LogP contribution in [0.15, 0.2) is 41.1 Å². The molecule has 0 aliphatic rings. The number of esters is 1.